The van der Waals surface area contributed by atoms with Gasteiger partial charge in [-0.3, -0.25) is 0 Å². The third-order valence-electron chi connectivity index (χ3n) is 2.03. The predicted molar refractivity (Wildman–Crippen MR) is 59.8 cm³/mol. The van der Waals surface area contributed by atoms with Crippen molar-refractivity contribution in [2.75, 3.05) is 0 Å². The van der Waals surface area contributed by atoms with Crippen molar-refractivity contribution in [3.05, 3.63) is 46.3 Å². The number of aryl methyl sites for hydroxylation is 1. The van der Waals surface area contributed by atoms with Gasteiger partial charge in [-0.05, 0) is 41.1 Å². The normalized spacial score (nSPS) is 10.5. The van der Waals surface area contributed by atoms with Crippen LogP contribution in [0.2, 0.25) is 0 Å². The van der Waals surface area contributed by atoms with Gasteiger partial charge in [0.2, 0.25) is 0 Å². The van der Waals surface area contributed by atoms with E-state index in [0.717, 1.165) is 6.07 Å². The molecule has 1 aromatic heterocycles. The molecule has 0 spiro atoms. The van der Waals surface area contributed by atoms with Crippen LogP contribution in [0.5, 0.6) is 0 Å². The maximum Gasteiger partial charge on any atom is 0.168 e. The zero-order valence-corrected chi connectivity index (χ0v) is 9.92. The molecule has 2 aromatic rings. The Morgan fingerprint density at radius 2 is 1.94 bits per heavy atom. The average molecular weight is 285 g/mol. The zero-order valence-electron chi connectivity index (χ0n) is 8.34. The molecule has 82 valence electrons. The van der Waals surface area contributed by atoms with E-state index < -0.39 is 11.6 Å². The highest BCUT2D eigenvalue weighted by Gasteiger charge is 2.11. The van der Waals surface area contributed by atoms with E-state index in [0.29, 0.717) is 16.1 Å². The van der Waals surface area contributed by atoms with Crippen LogP contribution in [0.15, 0.2) is 28.9 Å². The third kappa shape index (κ3) is 2.09. The molecule has 2 rings (SSSR count). The molecule has 0 amide bonds. The van der Waals surface area contributed by atoms with Crippen molar-refractivity contribution in [1.82, 2.24) is 9.97 Å². The van der Waals surface area contributed by atoms with Gasteiger partial charge in [0.25, 0.3) is 0 Å². The van der Waals surface area contributed by atoms with Crippen LogP contribution in [0.25, 0.3) is 11.3 Å². The summed E-state index contributed by atoms with van der Waals surface area (Å²) in [5.41, 5.74) is 0.488. The highest BCUT2D eigenvalue weighted by Crippen LogP contribution is 2.24. The monoisotopic (exact) mass is 284 g/mol. The first-order chi connectivity index (χ1) is 7.58. The van der Waals surface area contributed by atoms with Crippen LogP contribution in [-0.2, 0) is 0 Å². The summed E-state index contributed by atoms with van der Waals surface area (Å²) in [6.07, 6.45) is 0. The van der Waals surface area contributed by atoms with E-state index in [1.807, 2.05) is 0 Å². The van der Waals surface area contributed by atoms with Gasteiger partial charge in [-0.15, -0.1) is 0 Å². The maximum atomic E-state index is 13.5. The summed E-state index contributed by atoms with van der Waals surface area (Å²) in [5, 5.41) is 0. The van der Waals surface area contributed by atoms with Crippen LogP contribution in [-0.4, -0.2) is 9.97 Å². The zero-order chi connectivity index (χ0) is 11.7. The number of benzene rings is 1. The minimum Gasteiger partial charge on any atom is -0.233 e. The first-order valence-corrected chi connectivity index (χ1v) is 5.33. The van der Waals surface area contributed by atoms with Gasteiger partial charge < -0.3 is 0 Å². The van der Waals surface area contributed by atoms with Gasteiger partial charge in [-0.2, -0.15) is 0 Å². The van der Waals surface area contributed by atoms with Gasteiger partial charge in [0.1, 0.15) is 10.4 Å². The predicted octanol–water partition coefficient (Wildman–Crippen LogP) is 3.49. The summed E-state index contributed by atoms with van der Waals surface area (Å²) in [4.78, 5) is 8.06. The Hall–Kier alpha value is -1.36. The summed E-state index contributed by atoms with van der Waals surface area (Å²) < 4.78 is 27.1. The van der Waals surface area contributed by atoms with Crippen LogP contribution < -0.4 is 0 Å². The van der Waals surface area contributed by atoms with Crippen LogP contribution in [0.1, 0.15) is 5.82 Å². The van der Waals surface area contributed by atoms with E-state index in [1.165, 1.54) is 12.1 Å². The molecule has 0 aliphatic rings. The number of rotatable bonds is 1. The van der Waals surface area contributed by atoms with Crippen LogP contribution in [0, 0.1) is 18.6 Å². The van der Waals surface area contributed by atoms with E-state index in [2.05, 4.69) is 25.9 Å². The van der Waals surface area contributed by atoms with Gasteiger partial charge in [-0.25, -0.2) is 18.7 Å². The molecule has 0 N–H and O–H groups in total. The number of aromatic nitrogens is 2. The first-order valence-electron chi connectivity index (χ1n) is 4.53. The van der Waals surface area contributed by atoms with Gasteiger partial charge in [-0.1, -0.05) is 6.07 Å². The molecule has 0 bridgehead atoms. The quantitative estimate of drug-likeness (QED) is 0.749. The smallest absolute Gasteiger partial charge is 0.168 e. The molecule has 0 radical (unpaired) electrons. The Bertz CT molecular complexity index is 523. The highest BCUT2D eigenvalue weighted by atomic mass is 79.9. The van der Waals surface area contributed by atoms with Crippen LogP contribution in [0.3, 0.4) is 0 Å². The number of hydrogen-bond acceptors (Lipinski definition) is 2. The lowest BCUT2D eigenvalue weighted by atomic mass is 10.1. The summed E-state index contributed by atoms with van der Waals surface area (Å²) in [6, 6.07) is 5.54. The van der Waals surface area contributed by atoms with E-state index in [9.17, 15) is 8.78 Å². The minimum absolute atomic E-state index is 0.131. The fourth-order valence-corrected chi connectivity index (χ4v) is 1.84. The molecule has 5 heteroatoms. The SMILES string of the molecule is Cc1nc(Br)cc(-c2cccc(F)c2F)n1. The summed E-state index contributed by atoms with van der Waals surface area (Å²) in [5.74, 6) is -1.29. The molecule has 0 aliphatic heterocycles. The summed E-state index contributed by atoms with van der Waals surface area (Å²) in [7, 11) is 0. The topological polar surface area (TPSA) is 25.8 Å². The molecule has 2 nitrogen and oxygen atoms in total. The van der Waals surface area contributed by atoms with Crippen molar-refractivity contribution in [1.29, 1.82) is 0 Å². The Labute approximate surface area is 99.5 Å². The van der Waals surface area contributed by atoms with E-state index in [4.69, 9.17) is 0 Å². The summed E-state index contributed by atoms with van der Waals surface area (Å²) >= 11 is 3.19. The third-order valence-corrected chi connectivity index (χ3v) is 2.44. The van der Waals surface area contributed by atoms with Gasteiger partial charge in [0, 0.05) is 5.56 Å². The Balaban J connectivity index is 2.63. The Morgan fingerprint density at radius 1 is 1.19 bits per heavy atom. The van der Waals surface area contributed by atoms with Crippen LogP contribution >= 0.6 is 15.9 Å². The molecule has 16 heavy (non-hydrogen) atoms. The number of nitrogens with zero attached hydrogens (tertiary/aromatic N) is 2. The highest BCUT2D eigenvalue weighted by molar-refractivity contribution is 9.10. The van der Waals surface area contributed by atoms with E-state index in [1.54, 1.807) is 13.0 Å². The van der Waals surface area contributed by atoms with E-state index >= 15 is 0 Å². The Morgan fingerprint density at radius 3 is 2.62 bits per heavy atom. The molecule has 0 unspecified atom stereocenters. The molecule has 0 fully saturated rings. The van der Waals surface area contributed by atoms with Crippen molar-refractivity contribution in [2.45, 2.75) is 6.92 Å². The fourth-order valence-electron chi connectivity index (χ4n) is 1.37. The second-order valence-electron chi connectivity index (χ2n) is 3.22. The number of hydrogen-bond donors (Lipinski definition) is 0. The van der Waals surface area contributed by atoms with Crippen LogP contribution in [0.4, 0.5) is 8.78 Å². The van der Waals surface area contributed by atoms with Gasteiger partial charge in [0.15, 0.2) is 11.6 Å². The molecule has 0 saturated carbocycles. The van der Waals surface area contributed by atoms with Crippen molar-refractivity contribution < 1.29 is 8.78 Å². The summed E-state index contributed by atoms with van der Waals surface area (Å²) in [6.45, 7) is 1.69. The molecular formula is C11H7BrF2N2. The second-order valence-corrected chi connectivity index (χ2v) is 4.04. The number of halogens is 3. The first kappa shape index (κ1) is 11.1. The second kappa shape index (κ2) is 4.25. The molecule has 0 aliphatic carbocycles. The minimum atomic E-state index is -0.896. The fraction of sp³-hybridized carbons (Fsp3) is 0.0909. The lowest BCUT2D eigenvalue weighted by Gasteiger charge is -2.04. The lowest BCUT2D eigenvalue weighted by Crippen LogP contribution is -1.95. The standard InChI is InChI=1S/C11H7BrF2N2/c1-6-15-9(5-10(12)16-6)7-3-2-4-8(13)11(7)14/h2-5H,1H3. The average Bonchev–Trinajstić information content (AvgIpc) is 2.20. The van der Waals surface area contributed by atoms with Crippen molar-refractivity contribution in [2.24, 2.45) is 0 Å². The molecule has 1 heterocycles. The van der Waals surface area contributed by atoms with Crippen molar-refractivity contribution >= 4 is 15.9 Å². The van der Waals surface area contributed by atoms with Gasteiger partial charge >= 0.3 is 0 Å². The lowest BCUT2D eigenvalue weighted by molar-refractivity contribution is 0.511. The molecule has 1 aromatic carbocycles. The van der Waals surface area contributed by atoms with Gasteiger partial charge in [0.05, 0.1) is 5.69 Å². The Kier molecular flexibility index (Phi) is 2.96. The van der Waals surface area contributed by atoms with Crippen molar-refractivity contribution in [3.8, 4) is 11.3 Å². The molecular weight excluding hydrogens is 278 g/mol. The maximum absolute atomic E-state index is 13.5. The van der Waals surface area contributed by atoms with Crippen molar-refractivity contribution in [3.63, 3.8) is 0 Å². The largest absolute Gasteiger partial charge is 0.233 e. The molecule has 0 atom stereocenters. The van der Waals surface area contributed by atoms with E-state index in [-0.39, 0.29) is 5.56 Å². The molecule has 0 saturated heterocycles.